The second-order valence-corrected chi connectivity index (χ2v) is 17.9. The zero-order chi connectivity index (χ0) is 43.5. The molecule has 1 aromatic heterocycles. The first-order valence-electron chi connectivity index (χ1n) is 22.7. The van der Waals surface area contributed by atoms with Gasteiger partial charge in [-0.1, -0.05) is 196 Å². The van der Waals surface area contributed by atoms with E-state index >= 15 is 0 Å². The fourth-order valence-corrected chi connectivity index (χ4v) is 10.5. The van der Waals surface area contributed by atoms with Crippen LogP contribution in [-0.4, -0.2) is 11.9 Å². The van der Waals surface area contributed by atoms with Crippen LogP contribution in [0.4, 0.5) is 11.4 Å². The lowest BCUT2D eigenvalue weighted by Gasteiger charge is -2.37. The summed E-state index contributed by atoms with van der Waals surface area (Å²) in [5.74, 6) is 0.865. The number of hydrogen-bond donors (Lipinski definition) is 2. The van der Waals surface area contributed by atoms with Crippen LogP contribution < -0.4 is 15.5 Å². The number of nitrogens with zero attached hydrogens (tertiary/aromatic N) is 2. The maximum Gasteiger partial charge on any atom is 0.159 e. The first-order chi connectivity index (χ1) is 32.0. The Bertz CT molecular complexity index is 3330. The summed E-state index contributed by atoms with van der Waals surface area (Å²) in [6.45, 7) is 4.77. The molecule has 3 aliphatic rings. The van der Waals surface area contributed by atoms with E-state index in [0.717, 1.165) is 73.4 Å². The van der Waals surface area contributed by atoms with E-state index in [1.165, 1.54) is 33.4 Å². The van der Waals surface area contributed by atoms with Gasteiger partial charge < -0.3 is 14.6 Å². The molecule has 0 spiro atoms. The highest BCUT2D eigenvalue weighted by molar-refractivity contribution is 6.15. The van der Waals surface area contributed by atoms with Gasteiger partial charge in [-0.15, -0.1) is 0 Å². The van der Waals surface area contributed by atoms with Crippen molar-refractivity contribution in [1.82, 2.24) is 10.6 Å². The number of aliphatic imine (C=N–C) groups is 1. The van der Waals surface area contributed by atoms with Gasteiger partial charge in [-0.3, -0.25) is 5.32 Å². The molecule has 0 fully saturated rings. The highest BCUT2D eigenvalue weighted by Gasteiger charge is 2.40. The number of benzene rings is 8. The molecule has 2 aliphatic carbocycles. The van der Waals surface area contributed by atoms with Crippen LogP contribution in [0.25, 0.3) is 49.8 Å². The Hall–Kier alpha value is -7.73. The molecular weight excluding hydrogens is 793 g/mol. The number of furan rings is 1. The van der Waals surface area contributed by atoms with E-state index in [9.17, 15) is 0 Å². The molecule has 9 aromatic rings. The van der Waals surface area contributed by atoms with Crippen molar-refractivity contribution in [3.05, 3.63) is 246 Å². The Kier molecular flexibility index (Phi) is 9.46. The Morgan fingerprint density at radius 2 is 1.25 bits per heavy atom. The number of para-hydroxylation sites is 1. The zero-order valence-corrected chi connectivity index (χ0v) is 36.4. The van der Waals surface area contributed by atoms with E-state index in [4.69, 9.17) is 9.41 Å². The normalized spacial score (nSPS) is 18.6. The van der Waals surface area contributed by atoms with Gasteiger partial charge in [-0.2, -0.15) is 0 Å². The minimum atomic E-state index is -0.276. The van der Waals surface area contributed by atoms with Crippen molar-refractivity contribution < 1.29 is 4.42 Å². The van der Waals surface area contributed by atoms with Crippen molar-refractivity contribution in [2.24, 2.45) is 4.99 Å². The monoisotopic (exact) mass is 840 g/mol. The molecule has 65 heavy (non-hydrogen) atoms. The summed E-state index contributed by atoms with van der Waals surface area (Å²) in [6.07, 6.45) is 5.28. The van der Waals surface area contributed by atoms with Crippen LogP contribution in [0.1, 0.15) is 60.4 Å². The minimum absolute atomic E-state index is 0.0541. The average Bonchev–Trinajstić information content (AvgIpc) is 3.87. The third-order valence-electron chi connectivity index (χ3n) is 13.8. The molecule has 3 atom stereocenters. The Morgan fingerprint density at radius 3 is 2.05 bits per heavy atom. The fourth-order valence-electron chi connectivity index (χ4n) is 10.5. The van der Waals surface area contributed by atoms with Crippen molar-refractivity contribution in [3.8, 4) is 22.3 Å². The van der Waals surface area contributed by atoms with E-state index in [0.29, 0.717) is 0 Å². The maximum atomic E-state index is 7.06. The lowest BCUT2D eigenvalue weighted by atomic mass is 9.77. The van der Waals surface area contributed by atoms with E-state index in [1.807, 2.05) is 6.07 Å². The highest BCUT2D eigenvalue weighted by atomic mass is 16.3. The van der Waals surface area contributed by atoms with Crippen molar-refractivity contribution >= 4 is 44.7 Å². The minimum Gasteiger partial charge on any atom is -0.454 e. The highest BCUT2D eigenvalue weighted by Crippen LogP contribution is 2.52. The van der Waals surface area contributed by atoms with E-state index in [1.54, 1.807) is 0 Å². The zero-order valence-electron chi connectivity index (χ0n) is 36.4. The molecule has 0 bridgehead atoms. The lowest BCUT2D eigenvalue weighted by Crippen LogP contribution is -2.44. The molecular formula is C60H48N4O. The first kappa shape index (κ1) is 38.9. The molecule has 3 unspecified atom stereocenters. The molecule has 5 heteroatoms. The molecule has 0 amide bonds. The smallest absolute Gasteiger partial charge is 0.159 e. The molecule has 2 N–H and O–H groups in total. The van der Waals surface area contributed by atoms with E-state index in [2.05, 4.69) is 236 Å². The van der Waals surface area contributed by atoms with Crippen LogP contribution in [0.15, 0.2) is 227 Å². The summed E-state index contributed by atoms with van der Waals surface area (Å²) < 4.78 is 7.06. The standard InChI is InChI=1S/C60H48N4O/c1-60(2)51-28-13-12-25-48(51)49-36-35-46(38-52(49)60)64(45-33-31-40(32-34-45)39-17-6-3-7-18-39)53-29-15-27-50-55-47(26-16-30-54(55)65-56(50)53)43-23-14-24-44(37-43)59-62-57(41-19-8-4-9-20-41)61-58(63-59)42-21-10-5-11-22-42/h3-37,46,57,59,62H,38H2,1-2H3,(H,61,63). The number of rotatable bonds is 8. The Morgan fingerprint density at radius 1 is 0.600 bits per heavy atom. The molecule has 1 aliphatic heterocycles. The average molecular weight is 841 g/mol. The largest absolute Gasteiger partial charge is 0.454 e. The number of nitrogens with one attached hydrogen (secondary N) is 2. The molecule has 8 aromatic carbocycles. The summed E-state index contributed by atoms with van der Waals surface area (Å²) >= 11 is 0. The van der Waals surface area contributed by atoms with Gasteiger partial charge in [0.25, 0.3) is 0 Å². The van der Waals surface area contributed by atoms with Crippen molar-refractivity contribution in [2.75, 3.05) is 4.90 Å². The predicted molar refractivity (Wildman–Crippen MR) is 268 cm³/mol. The van der Waals surface area contributed by atoms with Crippen LogP contribution in [0.5, 0.6) is 0 Å². The predicted octanol–water partition coefficient (Wildman–Crippen LogP) is 14.5. The molecule has 5 nitrogen and oxygen atoms in total. The number of anilines is 2. The quantitative estimate of drug-likeness (QED) is 0.160. The van der Waals surface area contributed by atoms with Gasteiger partial charge >= 0.3 is 0 Å². The fraction of sp³-hybridized carbons (Fsp3) is 0.117. The molecule has 0 radical (unpaired) electrons. The van der Waals surface area contributed by atoms with Gasteiger partial charge in [0.15, 0.2) is 5.58 Å². The molecule has 314 valence electrons. The molecule has 0 saturated carbocycles. The summed E-state index contributed by atoms with van der Waals surface area (Å²) in [4.78, 5) is 7.77. The number of fused-ring (bicyclic) bond motifs is 5. The number of allylic oxidation sites excluding steroid dienone is 2. The maximum absolute atomic E-state index is 7.06. The molecule has 12 rings (SSSR count). The number of amidine groups is 1. The molecule has 2 heterocycles. The summed E-state index contributed by atoms with van der Waals surface area (Å²) in [5.41, 5.74) is 17.4. The lowest BCUT2D eigenvalue weighted by molar-refractivity contribution is 0.409. The van der Waals surface area contributed by atoms with Crippen molar-refractivity contribution in [3.63, 3.8) is 0 Å². The van der Waals surface area contributed by atoms with E-state index in [-0.39, 0.29) is 23.8 Å². The first-order valence-corrected chi connectivity index (χ1v) is 22.7. The van der Waals surface area contributed by atoms with Crippen LogP contribution in [0.3, 0.4) is 0 Å². The summed E-state index contributed by atoms with van der Waals surface area (Å²) in [7, 11) is 0. The van der Waals surface area contributed by atoms with Crippen LogP contribution in [0, 0.1) is 0 Å². The number of hydrogen-bond acceptors (Lipinski definition) is 5. The van der Waals surface area contributed by atoms with Gasteiger partial charge in [0.1, 0.15) is 23.8 Å². The van der Waals surface area contributed by atoms with Gasteiger partial charge in [-0.25, -0.2) is 4.99 Å². The van der Waals surface area contributed by atoms with Crippen molar-refractivity contribution in [1.29, 1.82) is 0 Å². The SMILES string of the molecule is CC1(C)C2=C(C=CC(N(c3ccc(-c4ccccc4)cc3)c3cccc4c3oc3cccc(-c5cccc(C6N=C(c7ccccc7)NC(c7ccccc7)N6)c5)c34)C2)c2ccccc21. The summed E-state index contributed by atoms with van der Waals surface area (Å²) in [6, 6.07) is 71.5. The summed E-state index contributed by atoms with van der Waals surface area (Å²) in [5, 5.41) is 9.66. The van der Waals surface area contributed by atoms with Gasteiger partial charge in [0.2, 0.25) is 0 Å². The van der Waals surface area contributed by atoms with Gasteiger partial charge in [0, 0.05) is 27.4 Å². The van der Waals surface area contributed by atoms with Crippen LogP contribution in [-0.2, 0) is 5.41 Å². The van der Waals surface area contributed by atoms with Crippen molar-refractivity contribution in [2.45, 2.75) is 44.1 Å². The second-order valence-electron chi connectivity index (χ2n) is 17.9. The Balaban J connectivity index is 0.960. The third kappa shape index (κ3) is 6.79. The topological polar surface area (TPSA) is 52.8 Å². The Labute approximate surface area is 380 Å². The van der Waals surface area contributed by atoms with Gasteiger partial charge in [0.05, 0.1) is 11.7 Å². The van der Waals surface area contributed by atoms with Crippen LogP contribution in [0.2, 0.25) is 0 Å². The van der Waals surface area contributed by atoms with Gasteiger partial charge in [-0.05, 0) is 92.4 Å². The third-order valence-corrected chi connectivity index (χ3v) is 13.8. The molecule has 0 saturated heterocycles. The second kappa shape index (κ2) is 15.8. The van der Waals surface area contributed by atoms with E-state index < -0.39 is 0 Å². The van der Waals surface area contributed by atoms with Crippen LogP contribution >= 0.6 is 0 Å².